The molecule has 1 atom stereocenters. The van der Waals surface area contributed by atoms with E-state index in [0.717, 1.165) is 29.8 Å². The van der Waals surface area contributed by atoms with Crippen molar-refractivity contribution in [3.63, 3.8) is 0 Å². The van der Waals surface area contributed by atoms with Gasteiger partial charge in [-0.25, -0.2) is 4.98 Å². The van der Waals surface area contributed by atoms with Gasteiger partial charge in [0.1, 0.15) is 0 Å². The summed E-state index contributed by atoms with van der Waals surface area (Å²) in [6, 6.07) is 0. The number of thiazole rings is 1. The molecule has 5 nitrogen and oxygen atoms in total. The number of anilines is 1. The minimum Gasteiger partial charge on any atom is -0.311 e. The Kier molecular flexibility index (Phi) is 6.14. The van der Waals surface area contributed by atoms with Crippen LogP contribution < -0.4 is 10.2 Å². The molecule has 0 bridgehead atoms. The molecule has 1 saturated heterocycles. The smallest absolute Gasteiger partial charge is 0.225 e. The zero-order valence-electron chi connectivity index (χ0n) is 13.3. The molecule has 0 radical (unpaired) electrons. The van der Waals surface area contributed by atoms with Crippen LogP contribution in [0.25, 0.3) is 0 Å². The Morgan fingerprint density at radius 1 is 1.62 bits per heavy atom. The van der Waals surface area contributed by atoms with Gasteiger partial charge in [-0.05, 0) is 45.8 Å². The second-order valence-electron chi connectivity index (χ2n) is 5.79. The van der Waals surface area contributed by atoms with E-state index >= 15 is 0 Å². The summed E-state index contributed by atoms with van der Waals surface area (Å²) in [5, 5.41) is 6.35. The van der Waals surface area contributed by atoms with Crippen LogP contribution in [0, 0.1) is 5.92 Å². The average molecular weight is 310 g/mol. The van der Waals surface area contributed by atoms with E-state index in [2.05, 4.69) is 22.2 Å². The van der Waals surface area contributed by atoms with Gasteiger partial charge in [0.05, 0.1) is 5.69 Å². The summed E-state index contributed by atoms with van der Waals surface area (Å²) in [6.45, 7) is 8.47. The lowest BCUT2D eigenvalue weighted by atomic mass is 9.98. The van der Waals surface area contributed by atoms with Crippen molar-refractivity contribution in [2.45, 2.75) is 33.2 Å². The van der Waals surface area contributed by atoms with E-state index in [1.54, 1.807) is 23.2 Å². The van der Waals surface area contributed by atoms with E-state index in [0.29, 0.717) is 6.54 Å². The van der Waals surface area contributed by atoms with Gasteiger partial charge in [-0.2, -0.15) is 0 Å². The molecule has 2 rings (SSSR count). The fourth-order valence-corrected chi connectivity index (χ4v) is 3.77. The number of carbonyl (C=O) groups excluding carboxylic acids is 1. The average Bonchev–Trinajstić information content (AvgIpc) is 2.88. The lowest BCUT2D eigenvalue weighted by Crippen LogP contribution is -2.37. The zero-order chi connectivity index (χ0) is 15.2. The van der Waals surface area contributed by atoms with E-state index < -0.39 is 0 Å². The van der Waals surface area contributed by atoms with Gasteiger partial charge in [0.25, 0.3) is 0 Å². The first kappa shape index (κ1) is 16.4. The summed E-state index contributed by atoms with van der Waals surface area (Å²) in [5.74, 6) is 0.794. The number of nitrogens with zero attached hydrogens (tertiary/aromatic N) is 3. The predicted molar refractivity (Wildman–Crippen MR) is 87.7 cm³/mol. The molecular weight excluding hydrogens is 284 g/mol. The maximum Gasteiger partial charge on any atom is 0.225 e. The Morgan fingerprint density at radius 2 is 2.43 bits per heavy atom. The minimum atomic E-state index is 0.0524. The second kappa shape index (κ2) is 7.87. The van der Waals surface area contributed by atoms with Crippen molar-refractivity contribution in [2.75, 3.05) is 38.1 Å². The van der Waals surface area contributed by atoms with Crippen molar-refractivity contribution in [2.24, 2.45) is 5.92 Å². The Hall–Kier alpha value is -0.980. The number of aromatic nitrogens is 1. The van der Waals surface area contributed by atoms with E-state index in [1.165, 1.54) is 25.9 Å². The standard InChI is InChI=1S/C15H26N4OS/c1-4-19(12(2)20)15-17-14(11-21-15)9-16-8-13-6-5-7-18(3)10-13/h11,13,16H,4-10H2,1-3H3. The monoisotopic (exact) mass is 310 g/mol. The molecule has 118 valence electrons. The normalized spacial score (nSPS) is 19.7. The van der Waals surface area contributed by atoms with Crippen molar-refractivity contribution in [3.05, 3.63) is 11.1 Å². The van der Waals surface area contributed by atoms with Gasteiger partial charge >= 0.3 is 0 Å². The van der Waals surface area contributed by atoms with Crippen LogP contribution in [0.4, 0.5) is 5.13 Å². The number of rotatable bonds is 6. The summed E-state index contributed by atoms with van der Waals surface area (Å²) in [4.78, 5) is 20.2. The van der Waals surface area contributed by atoms with E-state index in [1.807, 2.05) is 12.3 Å². The Labute approximate surface area is 131 Å². The Bertz CT molecular complexity index is 462. The van der Waals surface area contributed by atoms with Crippen LogP contribution in [0.5, 0.6) is 0 Å². The van der Waals surface area contributed by atoms with Crippen LogP contribution in [0.3, 0.4) is 0 Å². The molecular formula is C15H26N4OS. The summed E-state index contributed by atoms with van der Waals surface area (Å²) in [5.41, 5.74) is 1.03. The number of nitrogens with one attached hydrogen (secondary N) is 1. The SMILES string of the molecule is CCN(C(C)=O)c1nc(CNCC2CCCN(C)C2)cs1. The van der Waals surface area contributed by atoms with Crippen molar-refractivity contribution >= 4 is 22.4 Å². The number of hydrogen-bond acceptors (Lipinski definition) is 5. The molecule has 1 aliphatic heterocycles. The van der Waals surface area contributed by atoms with E-state index in [4.69, 9.17) is 0 Å². The number of likely N-dealkylation sites (tertiary alicyclic amines) is 1. The third-order valence-electron chi connectivity index (χ3n) is 3.93. The maximum absolute atomic E-state index is 11.5. The third kappa shape index (κ3) is 4.76. The summed E-state index contributed by atoms with van der Waals surface area (Å²) < 4.78 is 0. The van der Waals surface area contributed by atoms with E-state index in [9.17, 15) is 4.79 Å². The highest BCUT2D eigenvalue weighted by Crippen LogP contribution is 2.20. The van der Waals surface area contributed by atoms with Crippen molar-refractivity contribution < 1.29 is 4.79 Å². The molecule has 0 aromatic carbocycles. The van der Waals surface area contributed by atoms with Crippen LogP contribution >= 0.6 is 11.3 Å². The minimum absolute atomic E-state index is 0.0524. The molecule has 0 aliphatic carbocycles. The summed E-state index contributed by atoms with van der Waals surface area (Å²) >= 11 is 1.54. The van der Waals surface area contributed by atoms with Gasteiger partial charge in [0.2, 0.25) is 5.91 Å². The van der Waals surface area contributed by atoms with Gasteiger partial charge in [0, 0.05) is 31.9 Å². The van der Waals surface area contributed by atoms with Gasteiger partial charge < -0.3 is 10.2 Å². The quantitative estimate of drug-likeness (QED) is 0.872. The molecule has 1 N–H and O–H groups in total. The molecule has 1 aromatic rings. The lowest BCUT2D eigenvalue weighted by molar-refractivity contribution is -0.116. The molecule has 1 fully saturated rings. The highest BCUT2D eigenvalue weighted by molar-refractivity contribution is 7.14. The summed E-state index contributed by atoms with van der Waals surface area (Å²) in [6.07, 6.45) is 2.61. The highest BCUT2D eigenvalue weighted by atomic mass is 32.1. The first-order valence-corrected chi connectivity index (χ1v) is 8.60. The van der Waals surface area contributed by atoms with Crippen LogP contribution in [-0.2, 0) is 11.3 Å². The van der Waals surface area contributed by atoms with E-state index in [-0.39, 0.29) is 5.91 Å². The summed E-state index contributed by atoms with van der Waals surface area (Å²) in [7, 11) is 2.19. The lowest BCUT2D eigenvalue weighted by Gasteiger charge is -2.29. The van der Waals surface area contributed by atoms with Crippen molar-refractivity contribution in [1.29, 1.82) is 0 Å². The first-order chi connectivity index (χ1) is 10.1. The first-order valence-electron chi connectivity index (χ1n) is 7.72. The van der Waals surface area contributed by atoms with Crippen LogP contribution in [0.2, 0.25) is 0 Å². The zero-order valence-corrected chi connectivity index (χ0v) is 14.1. The molecule has 2 heterocycles. The Balaban J connectivity index is 1.79. The third-order valence-corrected chi connectivity index (χ3v) is 4.84. The van der Waals surface area contributed by atoms with Gasteiger partial charge in [-0.1, -0.05) is 0 Å². The van der Waals surface area contributed by atoms with Crippen LogP contribution in [0.1, 0.15) is 32.4 Å². The number of carbonyl (C=O) groups is 1. The molecule has 0 spiro atoms. The molecule has 1 amide bonds. The molecule has 21 heavy (non-hydrogen) atoms. The topological polar surface area (TPSA) is 48.5 Å². The fraction of sp³-hybridized carbons (Fsp3) is 0.733. The Morgan fingerprint density at radius 3 is 3.10 bits per heavy atom. The molecule has 6 heteroatoms. The fourth-order valence-electron chi connectivity index (χ4n) is 2.84. The van der Waals surface area contributed by atoms with Gasteiger partial charge in [-0.15, -0.1) is 11.3 Å². The molecule has 1 unspecified atom stereocenters. The molecule has 1 aromatic heterocycles. The molecule has 0 saturated carbocycles. The van der Waals surface area contributed by atoms with Gasteiger partial charge in [-0.3, -0.25) is 9.69 Å². The van der Waals surface area contributed by atoms with Crippen LogP contribution in [0.15, 0.2) is 5.38 Å². The molecule has 1 aliphatic rings. The predicted octanol–water partition coefficient (Wildman–Crippen LogP) is 1.95. The highest BCUT2D eigenvalue weighted by Gasteiger charge is 2.17. The number of amides is 1. The van der Waals surface area contributed by atoms with Crippen LogP contribution in [-0.4, -0.2) is 49.0 Å². The second-order valence-corrected chi connectivity index (χ2v) is 6.62. The van der Waals surface area contributed by atoms with Crippen molar-refractivity contribution in [1.82, 2.24) is 15.2 Å². The number of piperidine rings is 1. The maximum atomic E-state index is 11.5. The number of hydrogen-bond donors (Lipinski definition) is 1. The van der Waals surface area contributed by atoms with Gasteiger partial charge in [0.15, 0.2) is 5.13 Å². The van der Waals surface area contributed by atoms with Crippen molar-refractivity contribution in [3.8, 4) is 0 Å². The largest absolute Gasteiger partial charge is 0.311 e.